The van der Waals surface area contributed by atoms with Gasteiger partial charge in [-0.2, -0.15) is 0 Å². The minimum Gasteiger partial charge on any atom is -0.399 e. The van der Waals surface area contributed by atoms with Crippen molar-refractivity contribution in [2.45, 2.75) is 13.0 Å². The van der Waals surface area contributed by atoms with Crippen molar-refractivity contribution >= 4 is 28.4 Å². The lowest BCUT2D eigenvalue weighted by Gasteiger charge is -2.11. The highest BCUT2D eigenvalue weighted by Gasteiger charge is 2.16. The number of rotatable bonds is 3. The normalized spacial score (nSPS) is 12.1. The summed E-state index contributed by atoms with van der Waals surface area (Å²) >= 11 is 0. The summed E-state index contributed by atoms with van der Waals surface area (Å²) in [6.07, 6.45) is 0. The van der Waals surface area contributed by atoms with Crippen molar-refractivity contribution in [1.29, 1.82) is 0 Å². The van der Waals surface area contributed by atoms with E-state index in [1.807, 2.05) is 6.07 Å². The molecule has 100 valence electrons. The average molecular weight is 260 g/mol. The Bertz CT molecular complexity index is 633. The first-order valence-electron chi connectivity index (χ1n) is 5.92. The smallest absolute Gasteiger partial charge is 0.268 e. The van der Waals surface area contributed by atoms with E-state index in [1.54, 1.807) is 25.1 Å². The zero-order valence-electron chi connectivity index (χ0n) is 10.8. The number of amides is 2. The Labute approximate surface area is 110 Å². The van der Waals surface area contributed by atoms with Gasteiger partial charge in [0.25, 0.3) is 5.91 Å². The number of hydrogen-bond donors (Lipinski definition) is 4. The Kier molecular flexibility index (Phi) is 3.41. The maximum absolute atomic E-state index is 12.0. The number of likely N-dealkylation sites (N-methyl/N-ethyl adjacent to an activating group) is 1. The second-order valence-electron chi connectivity index (χ2n) is 4.34. The molecule has 1 atom stereocenters. The van der Waals surface area contributed by atoms with Gasteiger partial charge >= 0.3 is 0 Å². The number of aromatic nitrogens is 1. The van der Waals surface area contributed by atoms with E-state index >= 15 is 0 Å². The van der Waals surface area contributed by atoms with E-state index < -0.39 is 6.04 Å². The Morgan fingerprint density at radius 3 is 2.74 bits per heavy atom. The fourth-order valence-corrected chi connectivity index (χ4v) is 1.83. The number of benzene rings is 1. The quantitative estimate of drug-likeness (QED) is 0.608. The van der Waals surface area contributed by atoms with Crippen LogP contribution in [0.5, 0.6) is 0 Å². The highest BCUT2D eigenvalue weighted by molar-refractivity contribution is 6.00. The number of fused-ring (bicyclic) bond motifs is 1. The van der Waals surface area contributed by atoms with E-state index in [4.69, 9.17) is 5.73 Å². The van der Waals surface area contributed by atoms with Gasteiger partial charge in [-0.05, 0) is 31.2 Å². The molecule has 1 aromatic heterocycles. The molecule has 0 aliphatic rings. The largest absolute Gasteiger partial charge is 0.399 e. The molecule has 0 saturated carbocycles. The highest BCUT2D eigenvalue weighted by Crippen LogP contribution is 2.18. The molecular formula is C13H16N4O2. The van der Waals surface area contributed by atoms with Crippen LogP contribution in [0.4, 0.5) is 5.69 Å². The average Bonchev–Trinajstić information content (AvgIpc) is 2.80. The van der Waals surface area contributed by atoms with Crippen LogP contribution in [0.3, 0.4) is 0 Å². The van der Waals surface area contributed by atoms with Crippen LogP contribution in [-0.4, -0.2) is 29.9 Å². The van der Waals surface area contributed by atoms with Crippen LogP contribution in [0, 0.1) is 0 Å². The summed E-state index contributed by atoms with van der Waals surface area (Å²) in [6.45, 7) is 1.62. The minimum absolute atomic E-state index is 0.242. The minimum atomic E-state index is -0.589. The topological polar surface area (TPSA) is 100 Å². The molecule has 1 unspecified atom stereocenters. The van der Waals surface area contributed by atoms with Crippen molar-refractivity contribution in [3.05, 3.63) is 30.0 Å². The molecule has 0 bridgehead atoms. The Morgan fingerprint density at radius 2 is 2.05 bits per heavy atom. The molecule has 2 rings (SSSR count). The predicted molar refractivity (Wildman–Crippen MR) is 73.7 cm³/mol. The monoisotopic (exact) mass is 260 g/mol. The van der Waals surface area contributed by atoms with E-state index in [0.717, 1.165) is 10.9 Å². The molecule has 0 aliphatic carbocycles. The van der Waals surface area contributed by atoms with E-state index in [2.05, 4.69) is 15.6 Å². The lowest BCUT2D eigenvalue weighted by Crippen LogP contribution is -2.43. The predicted octanol–water partition coefficient (Wildman–Crippen LogP) is 0.614. The summed E-state index contributed by atoms with van der Waals surface area (Å²) in [5, 5.41) is 5.94. The maximum Gasteiger partial charge on any atom is 0.268 e. The zero-order valence-corrected chi connectivity index (χ0v) is 10.8. The third-order valence-electron chi connectivity index (χ3n) is 2.88. The van der Waals surface area contributed by atoms with Crippen molar-refractivity contribution in [1.82, 2.24) is 15.6 Å². The van der Waals surface area contributed by atoms with Crippen LogP contribution >= 0.6 is 0 Å². The van der Waals surface area contributed by atoms with Gasteiger partial charge in [0.1, 0.15) is 11.7 Å². The van der Waals surface area contributed by atoms with E-state index in [1.165, 1.54) is 7.05 Å². The van der Waals surface area contributed by atoms with Gasteiger partial charge in [0.05, 0.1) is 0 Å². The van der Waals surface area contributed by atoms with Gasteiger partial charge in [0, 0.05) is 23.6 Å². The fourth-order valence-electron chi connectivity index (χ4n) is 1.83. The molecule has 6 heteroatoms. The number of anilines is 1. The molecule has 0 fully saturated rings. The molecule has 0 aliphatic heterocycles. The van der Waals surface area contributed by atoms with Crippen LogP contribution in [0.1, 0.15) is 17.4 Å². The lowest BCUT2D eigenvalue weighted by atomic mass is 10.2. The molecule has 0 radical (unpaired) electrons. The van der Waals surface area contributed by atoms with Crippen molar-refractivity contribution in [2.24, 2.45) is 0 Å². The standard InChI is InChI=1S/C13H16N4O2/c1-7(12(18)15-2)16-13(19)11-6-8-5-9(14)3-4-10(8)17-11/h3-7,17H,14H2,1-2H3,(H,15,18)(H,16,19). The molecule has 2 aromatic rings. The second kappa shape index (κ2) is 5.01. The number of nitrogens with two attached hydrogens (primary N) is 1. The number of nitrogens with one attached hydrogen (secondary N) is 3. The van der Waals surface area contributed by atoms with Crippen molar-refractivity contribution < 1.29 is 9.59 Å². The van der Waals surface area contributed by atoms with E-state index in [9.17, 15) is 9.59 Å². The Morgan fingerprint density at radius 1 is 1.32 bits per heavy atom. The molecule has 0 spiro atoms. The van der Waals surface area contributed by atoms with Gasteiger partial charge < -0.3 is 21.4 Å². The summed E-state index contributed by atoms with van der Waals surface area (Å²) < 4.78 is 0. The van der Waals surface area contributed by atoms with Gasteiger partial charge in [-0.15, -0.1) is 0 Å². The summed E-state index contributed by atoms with van der Waals surface area (Å²) in [7, 11) is 1.52. The molecule has 19 heavy (non-hydrogen) atoms. The van der Waals surface area contributed by atoms with Gasteiger partial charge in [-0.25, -0.2) is 0 Å². The summed E-state index contributed by atoms with van der Waals surface area (Å²) in [5.41, 5.74) is 7.54. The number of carbonyl (C=O) groups excluding carboxylic acids is 2. The van der Waals surface area contributed by atoms with Crippen LogP contribution in [0.2, 0.25) is 0 Å². The first kappa shape index (κ1) is 12.9. The first-order valence-corrected chi connectivity index (χ1v) is 5.92. The molecule has 6 nitrogen and oxygen atoms in total. The molecule has 1 aromatic carbocycles. The van der Waals surface area contributed by atoms with Crippen LogP contribution in [0.15, 0.2) is 24.3 Å². The van der Waals surface area contributed by atoms with Crippen molar-refractivity contribution in [2.75, 3.05) is 12.8 Å². The maximum atomic E-state index is 12.0. The van der Waals surface area contributed by atoms with E-state index in [-0.39, 0.29) is 11.8 Å². The zero-order chi connectivity index (χ0) is 14.0. The summed E-state index contributed by atoms with van der Waals surface area (Å²) in [5.74, 6) is -0.570. The van der Waals surface area contributed by atoms with Crippen molar-refractivity contribution in [3.63, 3.8) is 0 Å². The van der Waals surface area contributed by atoms with Gasteiger partial charge in [0.2, 0.25) is 5.91 Å². The SMILES string of the molecule is CNC(=O)C(C)NC(=O)c1cc2cc(N)ccc2[nH]1. The van der Waals surface area contributed by atoms with Crippen LogP contribution < -0.4 is 16.4 Å². The fraction of sp³-hybridized carbons (Fsp3) is 0.231. The number of carbonyl (C=O) groups is 2. The van der Waals surface area contributed by atoms with Crippen LogP contribution in [-0.2, 0) is 4.79 Å². The number of aromatic amines is 1. The molecular weight excluding hydrogens is 244 g/mol. The molecule has 1 heterocycles. The number of nitrogen functional groups attached to an aromatic ring is 1. The van der Waals surface area contributed by atoms with E-state index in [0.29, 0.717) is 11.4 Å². The van der Waals surface area contributed by atoms with Crippen molar-refractivity contribution in [3.8, 4) is 0 Å². The van der Waals surface area contributed by atoms with Gasteiger partial charge in [-0.3, -0.25) is 9.59 Å². The lowest BCUT2D eigenvalue weighted by molar-refractivity contribution is -0.122. The third-order valence-corrected chi connectivity index (χ3v) is 2.88. The van der Waals surface area contributed by atoms with Gasteiger partial charge in [-0.1, -0.05) is 0 Å². The molecule has 5 N–H and O–H groups in total. The third kappa shape index (κ3) is 2.67. The second-order valence-corrected chi connectivity index (χ2v) is 4.34. The summed E-state index contributed by atoms with van der Waals surface area (Å²) in [6, 6.07) is 6.47. The molecule has 0 saturated heterocycles. The molecule has 2 amide bonds. The number of hydrogen-bond acceptors (Lipinski definition) is 3. The van der Waals surface area contributed by atoms with Gasteiger partial charge in [0.15, 0.2) is 0 Å². The highest BCUT2D eigenvalue weighted by atomic mass is 16.2. The Balaban J connectivity index is 2.20. The first-order chi connectivity index (χ1) is 9.01. The Hall–Kier alpha value is -2.50. The number of H-pyrrole nitrogens is 1. The van der Waals surface area contributed by atoms with Crippen LogP contribution in [0.25, 0.3) is 10.9 Å². The summed E-state index contributed by atoms with van der Waals surface area (Å²) in [4.78, 5) is 26.3.